The number of amides is 1. The number of carboxylic acids is 1. The Hall–Kier alpha value is -3.26. The molecular weight excluding hydrogens is 426 g/mol. The Balaban J connectivity index is 1.43. The molecule has 0 unspecified atom stereocenters. The Morgan fingerprint density at radius 2 is 1.53 bits per heavy atom. The highest BCUT2D eigenvalue weighted by Gasteiger charge is 2.52. The predicted octanol–water partition coefficient (Wildman–Crippen LogP) is 4.90. The smallest absolute Gasteiger partial charge is 0.335 e. The lowest BCUT2D eigenvalue weighted by Crippen LogP contribution is -2.48. The van der Waals surface area contributed by atoms with Crippen LogP contribution in [0.5, 0.6) is 5.75 Å². The minimum atomic E-state index is -0.939. The summed E-state index contributed by atoms with van der Waals surface area (Å²) in [4.78, 5) is 22.2. The van der Waals surface area contributed by atoms with E-state index in [-0.39, 0.29) is 16.9 Å². The molecular formula is C29H31NO4. The summed E-state index contributed by atoms with van der Waals surface area (Å²) in [6.45, 7) is 0.475. The van der Waals surface area contributed by atoms with Crippen LogP contribution in [0.3, 0.4) is 0 Å². The summed E-state index contributed by atoms with van der Waals surface area (Å²) in [5.74, 6) is 8.58. The second-order valence-corrected chi connectivity index (χ2v) is 10.5. The lowest BCUT2D eigenvalue weighted by Gasteiger charge is -2.57. The van der Waals surface area contributed by atoms with Crippen molar-refractivity contribution in [1.82, 2.24) is 0 Å². The molecule has 4 fully saturated rings. The molecule has 34 heavy (non-hydrogen) atoms. The van der Waals surface area contributed by atoms with Crippen LogP contribution in [0.15, 0.2) is 42.5 Å². The van der Waals surface area contributed by atoms with Crippen LogP contribution in [0.4, 0.5) is 0 Å². The Labute approximate surface area is 200 Å². The molecule has 0 aromatic heterocycles. The van der Waals surface area contributed by atoms with Crippen LogP contribution in [0.1, 0.15) is 78.4 Å². The second kappa shape index (κ2) is 9.18. The molecule has 5 heteroatoms. The van der Waals surface area contributed by atoms with Crippen molar-refractivity contribution in [3.8, 4) is 17.6 Å². The van der Waals surface area contributed by atoms with Gasteiger partial charge >= 0.3 is 5.97 Å². The monoisotopic (exact) mass is 457 g/mol. The maximum atomic E-state index is 11.1. The number of ether oxygens (including phenoxy) is 1. The fourth-order valence-electron chi connectivity index (χ4n) is 6.86. The van der Waals surface area contributed by atoms with Gasteiger partial charge in [-0.25, -0.2) is 4.79 Å². The van der Waals surface area contributed by atoms with E-state index in [9.17, 15) is 9.59 Å². The van der Waals surface area contributed by atoms with Gasteiger partial charge in [0, 0.05) is 23.1 Å². The summed E-state index contributed by atoms with van der Waals surface area (Å²) in [5, 5.41) is 9.09. The van der Waals surface area contributed by atoms with Gasteiger partial charge in [-0.2, -0.15) is 0 Å². The van der Waals surface area contributed by atoms with Gasteiger partial charge in [-0.15, -0.1) is 0 Å². The van der Waals surface area contributed by atoms with Crippen LogP contribution in [0.2, 0.25) is 0 Å². The van der Waals surface area contributed by atoms with Crippen LogP contribution in [-0.4, -0.2) is 23.6 Å². The van der Waals surface area contributed by atoms with Gasteiger partial charge in [0.25, 0.3) is 0 Å². The first kappa shape index (κ1) is 22.5. The molecule has 0 aliphatic heterocycles. The Morgan fingerprint density at radius 1 is 0.941 bits per heavy atom. The minimum absolute atomic E-state index is 0.161. The normalized spacial score (nSPS) is 26.5. The van der Waals surface area contributed by atoms with Crippen molar-refractivity contribution in [2.45, 2.75) is 56.8 Å². The molecule has 4 saturated carbocycles. The molecule has 4 aliphatic rings. The molecule has 176 valence electrons. The average Bonchev–Trinajstić information content (AvgIpc) is 2.80. The number of carbonyl (C=O) groups excluding carboxylic acids is 1. The molecule has 1 amide bonds. The standard InChI is InChI=1S/C29H31NO4/c30-27(31)2-1-11-34-26-10-7-20(4-3-19-5-8-24(9-6-19)28(32)33)15-25(26)29-16-21-12-22(17-29)14-23(13-21)18-29/h5-10,15,21-23H,1-2,11-14,16-18H2,(H2,30,31)(H,32,33). The van der Waals surface area contributed by atoms with Gasteiger partial charge in [0.15, 0.2) is 0 Å². The van der Waals surface area contributed by atoms with Crippen molar-refractivity contribution in [3.05, 3.63) is 64.7 Å². The van der Waals surface area contributed by atoms with Gasteiger partial charge < -0.3 is 15.6 Å². The van der Waals surface area contributed by atoms with Crippen LogP contribution in [0, 0.1) is 29.6 Å². The number of hydrogen-bond donors (Lipinski definition) is 2. The van der Waals surface area contributed by atoms with Gasteiger partial charge in [0.1, 0.15) is 5.75 Å². The van der Waals surface area contributed by atoms with Gasteiger partial charge in [-0.05, 0) is 111 Å². The second-order valence-electron chi connectivity index (χ2n) is 10.5. The van der Waals surface area contributed by atoms with Gasteiger partial charge in [-0.1, -0.05) is 11.8 Å². The lowest BCUT2D eigenvalue weighted by molar-refractivity contribution is -0.118. The number of nitrogens with two attached hydrogens (primary N) is 1. The summed E-state index contributed by atoms with van der Waals surface area (Å²) < 4.78 is 6.22. The highest BCUT2D eigenvalue weighted by molar-refractivity contribution is 5.87. The number of aromatic carboxylic acids is 1. The molecule has 4 aliphatic carbocycles. The third-order valence-electron chi connectivity index (χ3n) is 7.90. The van der Waals surface area contributed by atoms with E-state index in [1.54, 1.807) is 24.3 Å². The van der Waals surface area contributed by atoms with E-state index in [2.05, 4.69) is 17.9 Å². The van der Waals surface area contributed by atoms with Crippen LogP contribution in [0.25, 0.3) is 0 Å². The molecule has 2 aromatic carbocycles. The highest BCUT2D eigenvalue weighted by Crippen LogP contribution is 2.61. The van der Waals surface area contributed by atoms with E-state index in [0.717, 1.165) is 34.6 Å². The van der Waals surface area contributed by atoms with Crippen LogP contribution >= 0.6 is 0 Å². The number of hydrogen-bond acceptors (Lipinski definition) is 3. The third kappa shape index (κ3) is 4.68. The van der Waals surface area contributed by atoms with E-state index in [0.29, 0.717) is 19.4 Å². The van der Waals surface area contributed by atoms with Crippen molar-refractivity contribution in [3.63, 3.8) is 0 Å². The van der Waals surface area contributed by atoms with Crippen molar-refractivity contribution in [2.24, 2.45) is 23.5 Å². The van der Waals surface area contributed by atoms with Crippen LogP contribution < -0.4 is 10.5 Å². The van der Waals surface area contributed by atoms with E-state index < -0.39 is 5.97 Å². The first-order valence-electron chi connectivity index (χ1n) is 12.3. The minimum Gasteiger partial charge on any atom is -0.493 e. The average molecular weight is 458 g/mol. The summed E-state index contributed by atoms with van der Waals surface area (Å²) >= 11 is 0. The van der Waals surface area contributed by atoms with E-state index in [1.165, 1.54) is 44.1 Å². The third-order valence-corrected chi connectivity index (χ3v) is 7.90. The number of carbonyl (C=O) groups is 2. The van der Waals surface area contributed by atoms with E-state index in [4.69, 9.17) is 15.6 Å². The molecule has 0 atom stereocenters. The van der Waals surface area contributed by atoms with E-state index in [1.807, 2.05) is 12.1 Å². The largest absolute Gasteiger partial charge is 0.493 e. The van der Waals surface area contributed by atoms with Gasteiger partial charge in [0.05, 0.1) is 12.2 Å². The quantitative estimate of drug-likeness (QED) is 0.457. The highest BCUT2D eigenvalue weighted by atomic mass is 16.5. The number of benzene rings is 2. The van der Waals surface area contributed by atoms with Gasteiger partial charge in [0.2, 0.25) is 5.91 Å². The molecule has 0 saturated heterocycles. The topological polar surface area (TPSA) is 89.6 Å². The van der Waals surface area contributed by atoms with Crippen LogP contribution in [-0.2, 0) is 10.2 Å². The Morgan fingerprint density at radius 3 is 2.12 bits per heavy atom. The molecule has 0 heterocycles. The lowest BCUT2D eigenvalue weighted by atomic mass is 9.48. The Bertz CT molecular complexity index is 1120. The summed E-state index contributed by atoms with van der Waals surface area (Å²) in [6.07, 6.45) is 8.75. The SMILES string of the molecule is NC(=O)CCCOc1ccc(C#Cc2ccc(C(=O)O)cc2)cc1C12CC3CC(CC(C3)C1)C2. The predicted molar refractivity (Wildman–Crippen MR) is 130 cm³/mol. The summed E-state index contributed by atoms with van der Waals surface area (Å²) in [5.41, 5.74) is 8.71. The molecule has 2 aromatic rings. The molecule has 0 spiro atoms. The van der Waals surface area contributed by atoms with Crippen molar-refractivity contribution in [1.29, 1.82) is 0 Å². The van der Waals surface area contributed by atoms with Crippen molar-refractivity contribution >= 4 is 11.9 Å². The van der Waals surface area contributed by atoms with Crippen molar-refractivity contribution < 1.29 is 19.4 Å². The zero-order chi connectivity index (χ0) is 23.7. The zero-order valence-corrected chi connectivity index (χ0v) is 19.4. The molecule has 4 bridgehead atoms. The molecule has 0 radical (unpaired) electrons. The molecule has 5 nitrogen and oxygen atoms in total. The number of carboxylic acid groups (broad SMARTS) is 1. The maximum absolute atomic E-state index is 11.1. The number of primary amides is 1. The molecule has 3 N–H and O–H groups in total. The number of rotatable bonds is 7. The van der Waals surface area contributed by atoms with Gasteiger partial charge in [-0.3, -0.25) is 4.79 Å². The first-order chi connectivity index (χ1) is 16.4. The molecule has 6 rings (SSSR count). The fourth-order valence-corrected chi connectivity index (χ4v) is 6.86. The summed E-state index contributed by atoms with van der Waals surface area (Å²) in [7, 11) is 0. The first-order valence-corrected chi connectivity index (χ1v) is 12.3. The zero-order valence-electron chi connectivity index (χ0n) is 19.4. The van der Waals surface area contributed by atoms with Crippen molar-refractivity contribution in [2.75, 3.05) is 6.61 Å². The van der Waals surface area contributed by atoms with E-state index >= 15 is 0 Å². The summed E-state index contributed by atoms with van der Waals surface area (Å²) in [6, 6.07) is 12.9. The maximum Gasteiger partial charge on any atom is 0.335 e. The fraction of sp³-hybridized carbons (Fsp3) is 0.448. The Kier molecular flexibility index (Phi) is 6.08.